The molecule has 1 aliphatic rings. The molecule has 3 aromatic carbocycles. The first kappa shape index (κ1) is 24.0. The van der Waals surface area contributed by atoms with E-state index in [1.54, 1.807) is 48.6 Å². The first-order chi connectivity index (χ1) is 16.4. The summed E-state index contributed by atoms with van der Waals surface area (Å²) in [4.78, 5) is 18.6. The van der Waals surface area contributed by atoms with E-state index in [4.69, 9.17) is 21.2 Å². The van der Waals surface area contributed by atoms with E-state index in [2.05, 4.69) is 4.72 Å². The van der Waals surface area contributed by atoms with Gasteiger partial charge in [-0.3, -0.25) is 9.63 Å². The van der Waals surface area contributed by atoms with E-state index in [0.29, 0.717) is 16.5 Å². The van der Waals surface area contributed by atoms with E-state index in [-0.39, 0.29) is 24.5 Å². The van der Waals surface area contributed by atoms with Crippen LogP contribution in [0.25, 0.3) is 0 Å². The second-order valence-corrected chi connectivity index (χ2v) is 9.72. The maximum absolute atomic E-state index is 13.0. The Labute approximate surface area is 203 Å². The Morgan fingerprint density at radius 3 is 2.24 bits per heavy atom. The largest absolute Gasteiger partial charge is 0.457 e. The third-order valence-electron chi connectivity index (χ3n) is 5.06. The molecule has 7 nitrogen and oxygen atoms in total. The number of hydrogen-bond donors (Lipinski definition) is 1. The molecule has 0 aromatic heterocycles. The predicted molar refractivity (Wildman–Crippen MR) is 129 cm³/mol. The molecule has 0 radical (unpaired) electrons. The van der Waals surface area contributed by atoms with Crippen molar-refractivity contribution in [2.24, 2.45) is 0 Å². The Balaban J connectivity index is 1.41. The summed E-state index contributed by atoms with van der Waals surface area (Å²) in [6.45, 7) is 0.440. The Bertz CT molecular complexity index is 1250. The number of rotatable bonds is 8. The molecule has 9 heteroatoms. The summed E-state index contributed by atoms with van der Waals surface area (Å²) in [5.74, 6) is 0.590. The molecular formula is C25H23ClN2O5S. The second kappa shape index (κ2) is 10.8. The smallest absolute Gasteiger partial charge is 0.264 e. The normalized spacial score (nSPS) is 16.3. The lowest BCUT2D eigenvalue weighted by Gasteiger charge is -2.24. The molecule has 0 bridgehead atoms. The molecule has 1 atom stereocenters. The number of nitrogens with one attached hydrogen (secondary N) is 1. The molecule has 0 fully saturated rings. The fourth-order valence-corrected chi connectivity index (χ4v) is 4.62. The van der Waals surface area contributed by atoms with Crippen molar-refractivity contribution in [1.29, 1.82) is 0 Å². The van der Waals surface area contributed by atoms with E-state index in [1.807, 2.05) is 30.3 Å². The van der Waals surface area contributed by atoms with E-state index in [9.17, 15) is 13.2 Å². The number of amides is 1. The molecule has 1 heterocycles. The van der Waals surface area contributed by atoms with Crippen molar-refractivity contribution in [1.82, 2.24) is 9.79 Å². The van der Waals surface area contributed by atoms with Gasteiger partial charge in [-0.2, -0.15) is 4.72 Å². The number of carbonyl (C=O) groups is 1. The van der Waals surface area contributed by atoms with Gasteiger partial charge in [-0.15, -0.1) is 0 Å². The first-order valence-corrected chi connectivity index (χ1v) is 12.5. The average Bonchev–Trinajstić information content (AvgIpc) is 3.01. The molecule has 1 aliphatic heterocycles. The SMILES string of the molecule is O=C1[C@H](NS(=O)(=O)c2ccc(Oc3ccc(Cl)cc3)cc2)CC=CCN1OCc1ccccc1. The number of sulfonamides is 1. The van der Waals surface area contributed by atoms with Crippen molar-refractivity contribution in [2.75, 3.05) is 6.54 Å². The number of hydroxylamine groups is 2. The third kappa shape index (κ3) is 6.24. The van der Waals surface area contributed by atoms with Gasteiger partial charge in [0.1, 0.15) is 24.1 Å². The van der Waals surface area contributed by atoms with Crippen molar-refractivity contribution < 1.29 is 22.8 Å². The number of nitrogens with zero attached hydrogens (tertiary/aromatic N) is 1. The van der Waals surface area contributed by atoms with Crippen LogP contribution in [0.3, 0.4) is 0 Å². The van der Waals surface area contributed by atoms with Gasteiger partial charge in [0, 0.05) is 5.02 Å². The number of carbonyl (C=O) groups excluding carboxylic acids is 1. The zero-order valence-corrected chi connectivity index (χ0v) is 19.7. The van der Waals surface area contributed by atoms with Crippen molar-refractivity contribution in [3.63, 3.8) is 0 Å². The number of benzene rings is 3. The average molecular weight is 499 g/mol. The zero-order valence-electron chi connectivity index (χ0n) is 18.1. The van der Waals surface area contributed by atoms with Gasteiger partial charge in [0.05, 0.1) is 11.4 Å². The Morgan fingerprint density at radius 2 is 1.56 bits per heavy atom. The lowest BCUT2D eigenvalue weighted by atomic mass is 10.2. The topological polar surface area (TPSA) is 84.9 Å². The van der Waals surface area contributed by atoms with Crippen LogP contribution >= 0.6 is 11.6 Å². The molecule has 34 heavy (non-hydrogen) atoms. The summed E-state index contributed by atoms with van der Waals surface area (Å²) >= 11 is 5.87. The number of ether oxygens (including phenoxy) is 1. The van der Waals surface area contributed by atoms with Crippen LogP contribution in [-0.4, -0.2) is 32.0 Å². The van der Waals surface area contributed by atoms with E-state index < -0.39 is 22.0 Å². The molecule has 0 unspecified atom stereocenters. The summed E-state index contributed by atoms with van der Waals surface area (Å²) in [7, 11) is -3.95. The van der Waals surface area contributed by atoms with Crippen LogP contribution < -0.4 is 9.46 Å². The summed E-state index contributed by atoms with van der Waals surface area (Å²) in [5.41, 5.74) is 0.904. The lowest BCUT2D eigenvalue weighted by molar-refractivity contribution is -0.189. The highest BCUT2D eigenvalue weighted by atomic mass is 35.5. The fourth-order valence-electron chi connectivity index (χ4n) is 3.29. The van der Waals surface area contributed by atoms with Gasteiger partial charge in [0.25, 0.3) is 5.91 Å². The van der Waals surface area contributed by atoms with Crippen molar-refractivity contribution in [2.45, 2.75) is 24.0 Å². The monoisotopic (exact) mass is 498 g/mol. The van der Waals surface area contributed by atoms with Crippen LogP contribution in [0.15, 0.2) is 95.9 Å². The summed E-state index contributed by atoms with van der Waals surface area (Å²) in [6.07, 6.45) is 3.77. The highest BCUT2D eigenvalue weighted by molar-refractivity contribution is 7.89. The molecule has 3 aromatic rings. The fraction of sp³-hybridized carbons (Fsp3) is 0.160. The summed E-state index contributed by atoms with van der Waals surface area (Å²) in [5, 5.41) is 1.78. The van der Waals surface area contributed by atoms with E-state index in [0.717, 1.165) is 5.56 Å². The van der Waals surface area contributed by atoms with Crippen molar-refractivity contribution in [3.8, 4) is 11.5 Å². The Hall–Kier alpha value is -3.17. The van der Waals surface area contributed by atoms with E-state index in [1.165, 1.54) is 17.2 Å². The maximum atomic E-state index is 13.0. The van der Waals surface area contributed by atoms with E-state index >= 15 is 0 Å². The molecule has 0 aliphatic carbocycles. The maximum Gasteiger partial charge on any atom is 0.264 e. The molecule has 0 saturated heterocycles. The van der Waals surface area contributed by atoms with Crippen LogP contribution in [0, 0.1) is 0 Å². The molecule has 0 saturated carbocycles. The standard InChI is InChI=1S/C25H23ClN2O5S/c26-20-9-11-21(12-10-20)33-22-13-15-23(16-14-22)34(30,31)27-24-8-4-5-17-28(25(24)29)32-18-19-6-2-1-3-7-19/h1-7,9-16,24,27H,8,17-18H2/t24-/m1/s1. The van der Waals surface area contributed by atoms with Crippen LogP contribution in [0.2, 0.25) is 5.02 Å². The molecule has 0 spiro atoms. The highest BCUT2D eigenvalue weighted by Gasteiger charge is 2.30. The van der Waals surface area contributed by atoms with Gasteiger partial charge in [-0.05, 0) is 60.5 Å². The Morgan fingerprint density at radius 1 is 0.912 bits per heavy atom. The minimum atomic E-state index is -3.95. The van der Waals surface area contributed by atoms with Crippen LogP contribution in [-0.2, 0) is 26.3 Å². The molecular weight excluding hydrogens is 476 g/mol. The second-order valence-electron chi connectivity index (χ2n) is 7.57. The zero-order chi connectivity index (χ0) is 24.0. The van der Waals surface area contributed by atoms with Gasteiger partial charge in [-0.25, -0.2) is 13.5 Å². The highest BCUT2D eigenvalue weighted by Crippen LogP contribution is 2.24. The van der Waals surface area contributed by atoms with Crippen LogP contribution in [0.5, 0.6) is 11.5 Å². The van der Waals surface area contributed by atoms with Crippen LogP contribution in [0.1, 0.15) is 12.0 Å². The van der Waals surface area contributed by atoms with Crippen molar-refractivity contribution in [3.05, 3.63) is 102 Å². The van der Waals surface area contributed by atoms with Gasteiger partial charge in [0.15, 0.2) is 0 Å². The number of halogens is 1. The van der Waals surface area contributed by atoms with Crippen molar-refractivity contribution >= 4 is 27.5 Å². The lowest BCUT2D eigenvalue weighted by Crippen LogP contribution is -2.47. The van der Waals surface area contributed by atoms with Gasteiger partial charge < -0.3 is 4.74 Å². The van der Waals surface area contributed by atoms with Crippen LogP contribution in [0.4, 0.5) is 0 Å². The molecule has 176 valence electrons. The summed E-state index contributed by atoms with van der Waals surface area (Å²) in [6, 6.07) is 21.2. The quantitative estimate of drug-likeness (QED) is 0.455. The Kier molecular flexibility index (Phi) is 7.64. The summed E-state index contributed by atoms with van der Waals surface area (Å²) < 4.78 is 34.1. The molecule has 4 rings (SSSR count). The predicted octanol–water partition coefficient (Wildman–Crippen LogP) is 4.70. The van der Waals surface area contributed by atoms with Gasteiger partial charge in [0.2, 0.25) is 10.0 Å². The molecule has 1 amide bonds. The number of hydrogen-bond acceptors (Lipinski definition) is 5. The minimum absolute atomic E-state index is 0.0220. The molecule has 1 N–H and O–H groups in total. The van der Waals surface area contributed by atoms with Gasteiger partial charge in [-0.1, -0.05) is 54.1 Å². The van der Waals surface area contributed by atoms with Gasteiger partial charge >= 0.3 is 0 Å². The third-order valence-corrected chi connectivity index (χ3v) is 6.80. The first-order valence-electron chi connectivity index (χ1n) is 10.6. The minimum Gasteiger partial charge on any atom is -0.457 e.